The second-order valence-electron chi connectivity index (χ2n) is 9.41. The van der Waals surface area contributed by atoms with Gasteiger partial charge < -0.3 is 14.2 Å². The van der Waals surface area contributed by atoms with Crippen LogP contribution in [0.5, 0.6) is 5.75 Å². The number of ether oxygens (including phenoxy) is 1. The molecule has 4 aromatic rings. The first kappa shape index (κ1) is 22.9. The molecule has 1 aliphatic rings. The number of nitrogens with zero attached hydrogens (tertiary/aromatic N) is 5. The van der Waals surface area contributed by atoms with Gasteiger partial charge in [0.25, 0.3) is 0 Å². The smallest absolute Gasteiger partial charge is 0.137 e. The molecule has 1 saturated heterocycles. The summed E-state index contributed by atoms with van der Waals surface area (Å²) in [6, 6.07) is 21.6. The Bertz CT molecular complexity index is 1390. The lowest BCUT2D eigenvalue weighted by Crippen LogP contribution is -2.48. The number of hydrogen-bond donors (Lipinski definition) is 0. The van der Waals surface area contributed by atoms with Crippen LogP contribution in [-0.4, -0.2) is 53.8 Å². The molecule has 0 aliphatic carbocycles. The first-order chi connectivity index (χ1) is 17.0. The molecular weight excluding hydrogens is 434 g/mol. The molecule has 2 aromatic carbocycles. The van der Waals surface area contributed by atoms with Gasteiger partial charge in [-0.3, -0.25) is 9.88 Å². The van der Waals surface area contributed by atoms with E-state index in [1.165, 1.54) is 5.69 Å². The number of fused-ring (bicyclic) bond motifs is 1. The zero-order valence-electron chi connectivity index (χ0n) is 20.8. The second kappa shape index (κ2) is 9.44. The van der Waals surface area contributed by atoms with Crippen LogP contribution in [0.2, 0.25) is 0 Å². The molecule has 178 valence electrons. The first-order valence-corrected chi connectivity index (χ1v) is 12.1. The lowest BCUT2D eigenvalue weighted by Gasteiger charge is -2.38. The average molecular weight is 466 g/mol. The van der Waals surface area contributed by atoms with Crippen LogP contribution >= 0.6 is 0 Å². The summed E-state index contributed by atoms with van der Waals surface area (Å²) in [5.41, 5.74) is 8.09. The van der Waals surface area contributed by atoms with Gasteiger partial charge in [-0.2, -0.15) is 5.26 Å². The average Bonchev–Trinajstić information content (AvgIpc) is 3.24. The predicted octanol–water partition coefficient (Wildman–Crippen LogP) is 5.32. The summed E-state index contributed by atoms with van der Waals surface area (Å²) in [5, 5.41) is 9.29. The highest BCUT2D eigenvalue weighted by atomic mass is 16.5. The SMILES string of the molecule is COc1cc(-c2cc3ncc(-c4ccc(N5CCN(C(C)C)CC5)cc4)cc3n2C)ccc1C#N. The van der Waals surface area contributed by atoms with Crippen molar-refractivity contribution in [3.63, 3.8) is 0 Å². The molecule has 0 bridgehead atoms. The van der Waals surface area contributed by atoms with Crippen LogP contribution in [-0.2, 0) is 7.05 Å². The molecule has 0 unspecified atom stereocenters. The van der Waals surface area contributed by atoms with Crippen molar-refractivity contribution in [2.45, 2.75) is 19.9 Å². The fraction of sp³-hybridized carbons (Fsp3) is 0.310. The number of pyridine rings is 1. The van der Waals surface area contributed by atoms with Gasteiger partial charge in [-0.1, -0.05) is 18.2 Å². The minimum Gasteiger partial charge on any atom is -0.495 e. The molecule has 2 aromatic heterocycles. The van der Waals surface area contributed by atoms with E-state index in [4.69, 9.17) is 9.72 Å². The Kier molecular flexibility index (Phi) is 6.19. The highest BCUT2D eigenvalue weighted by molar-refractivity contribution is 5.87. The van der Waals surface area contributed by atoms with Crippen molar-refractivity contribution >= 4 is 16.7 Å². The molecule has 3 heterocycles. The summed E-state index contributed by atoms with van der Waals surface area (Å²) < 4.78 is 7.55. The van der Waals surface area contributed by atoms with Gasteiger partial charge in [0, 0.05) is 62.3 Å². The van der Waals surface area contributed by atoms with E-state index in [1.807, 2.05) is 25.4 Å². The van der Waals surface area contributed by atoms with Crippen LogP contribution in [0.1, 0.15) is 19.4 Å². The number of anilines is 1. The molecule has 6 heteroatoms. The molecule has 0 spiro atoms. The van der Waals surface area contributed by atoms with Gasteiger partial charge in [0.05, 0.1) is 29.4 Å². The molecule has 5 rings (SSSR count). The van der Waals surface area contributed by atoms with Gasteiger partial charge in [0.2, 0.25) is 0 Å². The number of nitriles is 1. The van der Waals surface area contributed by atoms with Crippen molar-refractivity contribution in [3.05, 3.63) is 66.4 Å². The van der Waals surface area contributed by atoms with Gasteiger partial charge in [-0.15, -0.1) is 0 Å². The lowest BCUT2D eigenvalue weighted by atomic mass is 10.1. The van der Waals surface area contributed by atoms with Crippen molar-refractivity contribution in [2.24, 2.45) is 7.05 Å². The van der Waals surface area contributed by atoms with E-state index >= 15 is 0 Å². The van der Waals surface area contributed by atoms with E-state index < -0.39 is 0 Å². The molecule has 1 aliphatic heterocycles. The van der Waals surface area contributed by atoms with Crippen molar-refractivity contribution in [3.8, 4) is 34.2 Å². The maximum Gasteiger partial charge on any atom is 0.137 e. The third-order valence-corrected chi connectivity index (χ3v) is 7.12. The van der Waals surface area contributed by atoms with Crippen LogP contribution in [0, 0.1) is 11.3 Å². The van der Waals surface area contributed by atoms with Gasteiger partial charge in [0.1, 0.15) is 11.8 Å². The quantitative estimate of drug-likeness (QED) is 0.399. The summed E-state index contributed by atoms with van der Waals surface area (Å²) in [6.45, 7) is 8.90. The van der Waals surface area contributed by atoms with E-state index in [0.717, 1.165) is 59.6 Å². The van der Waals surface area contributed by atoms with Crippen molar-refractivity contribution < 1.29 is 4.74 Å². The molecule has 0 N–H and O–H groups in total. The third-order valence-electron chi connectivity index (χ3n) is 7.12. The molecule has 0 radical (unpaired) electrons. The third kappa shape index (κ3) is 4.36. The monoisotopic (exact) mass is 465 g/mol. The number of benzene rings is 2. The van der Waals surface area contributed by atoms with Crippen LogP contribution in [0.15, 0.2) is 60.8 Å². The molecule has 0 amide bonds. The molecule has 6 nitrogen and oxygen atoms in total. The van der Waals surface area contributed by atoms with Gasteiger partial charge in [-0.25, -0.2) is 0 Å². The number of methoxy groups -OCH3 is 1. The van der Waals surface area contributed by atoms with Gasteiger partial charge in [0.15, 0.2) is 0 Å². The summed E-state index contributed by atoms with van der Waals surface area (Å²) in [6.07, 6.45) is 1.95. The van der Waals surface area contributed by atoms with Crippen molar-refractivity contribution in [2.75, 3.05) is 38.2 Å². The minimum atomic E-state index is 0.528. The highest BCUT2D eigenvalue weighted by Gasteiger charge is 2.19. The molecule has 1 fully saturated rings. The van der Waals surface area contributed by atoms with Crippen LogP contribution < -0.4 is 9.64 Å². The zero-order valence-corrected chi connectivity index (χ0v) is 20.8. The Morgan fingerprint density at radius 2 is 1.63 bits per heavy atom. The summed E-state index contributed by atoms with van der Waals surface area (Å²) in [5.74, 6) is 0.578. The Labute approximate surface area is 207 Å². The maximum absolute atomic E-state index is 9.29. The second-order valence-corrected chi connectivity index (χ2v) is 9.41. The van der Waals surface area contributed by atoms with E-state index in [1.54, 1.807) is 13.2 Å². The Morgan fingerprint density at radius 1 is 0.914 bits per heavy atom. The zero-order chi connectivity index (χ0) is 24.5. The standard InChI is InChI=1S/C29H31N5O/c1-20(2)33-11-13-34(14-12-33)25-9-7-21(8-10-25)24-15-28-26(31-19-24)17-27(32(28)3)22-5-6-23(18-30)29(16-22)35-4/h5-10,15-17,19-20H,11-14H2,1-4H3. The largest absolute Gasteiger partial charge is 0.495 e. The predicted molar refractivity (Wildman–Crippen MR) is 142 cm³/mol. The molecule has 0 saturated carbocycles. The number of rotatable bonds is 5. The number of aromatic nitrogens is 2. The topological polar surface area (TPSA) is 57.3 Å². The fourth-order valence-corrected chi connectivity index (χ4v) is 4.94. The molecule has 0 atom stereocenters. The van der Waals surface area contributed by atoms with E-state index in [-0.39, 0.29) is 0 Å². The Morgan fingerprint density at radius 3 is 2.29 bits per heavy atom. The minimum absolute atomic E-state index is 0.528. The van der Waals surface area contributed by atoms with E-state index in [0.29, 0.717) is 17.4 Å². The van der Waals surface area contributed by atoms with Crippen LogP contribution in [0.4, 0.5) is 5.69 Å². The van der Waals surface area contributed by atoms with Crippen LogP contribution in [0.3, 0.4) is 0 Å². The maximum atomic E-state index is 9.29. The highest BCUT2D eigenvalue weighted by Crippen LogP contribution is 2.32. The van der Waals surface area contributed by atoms with Gasteiger partial charge in [-0.05, 0) is 55.8 Å². The molecule has 35 heavy (non-hydrogen) atoms. The number of hydrogen-bond acceptors (Lipinski definition) is 5. The lowest BCUT2D eigenvalue weighted by molar-refractivity contribution is 0.209. The Hall–Kier alpha value is -3.82. The first-order valence-electron chi connectivity index (χ1n) is 12.1. The fourth-order valence-electron chi connectivity index (χ4n) is 4.94. The van der Waals surface area contributed by atoms with Crippen molar-refractivity contribution in [1.82, 2.24) is 14.5 Å². The summed E-state index contributed by atoms with van der Waals surface area (Å²) in [7, 11) is 3.64. The number of aryl methyl sites for hydroxylation is 1. The van der Waals surface area contributed by atoms with E-state index in [2.05, 4.69) is 70.7 Å². The van der Waals surface area contributed by atoms with E-state index in [9.17, 15) is 5.26 Å². The van der Waals surface area contributed by atoms with Crippen LogP contribution in [0.25, 0.3) is 33.4 Å². The summed E-state index contributed by atoms with van der Waals surface area (Å²) in [4.78, 5) is 9.76. The Balaban J connectivity index is 1.41. The van der Waals surface area contributed by atoms with Crippen molar-refractivity contribution in [1.29, 1.82) is 5.26 Å². The number of piperazine rings is 1. The molecular formula is C29H31N5O. The normalized spacial score (nSPS) is 14.5. The van der Waals surface area contributed by atoms with Gasteiger partial charge >= 0.3 is 0 Å². The summed E-state index contributed by atoms with van der Waals surface area (Å²) >= 11 is 0.